The highest BCUT2D eigenvalue weighted by atomic mass is 79.9. The first-order valence-electron chi connectivity index (χ1n) is 21.1. The van der Waals surface area contributed by atoms with Gasteiger partial charge in [-0.1, -0.05) is 112 Å². The number of hydrogen-bond donors (Lipinski definition) is 3. The molecule has 4 aromatic heterocycles. The molecule has 0 aliphatic rings. The average Bonchev–Trinajstić information content (AvgIpc) is 4.14. The lowest BCUT2D eigenvalue weighted by Crippen LogP contribution is -2.16. The van der Waals surface area contributed by atoms with Gasteiger partial charge in [-0.3, -0.25) is 0 Å². The van der Waals surface area contributed by atoms with Crippen molar-refractivity contribution < 1.29 is 18.3 Å². The summed E-state index contributed by atoms with van der Waals surface area (Å²) in [5, 5.41) is 12.0. The molecule has 0 spiro atoms. The van der Waals surface area contributed by atoms with Gasteiger partial charge in [0, 0.05) is 27.6 Å². The zero-order valence-corrected chi connectivity index (χ0v) is 39.7. The first-order chi connectivity index (χ1) is 32.4. The maximum absolute atomic E-state index is 12.4. The number of rotatable bonds is 11. The largest absolute Gasteiger partial charge is 0.489 e. The number of nitrogens with zero attached hydrogens (tertiary/aromatic N) is 5. The summed E-state index contributed by atoms with van der Waals surface area (Å²) in [4.78, 5) is 39.0. The molecular weight excluding hydrogens is 959 g/mol. The standard InChI is InChI=1S/C25H21ClN4O3.C14H11BrN2.C11H11ClN2O3/c1-15(2)32-22-12-11-18(13-19(22)26)24-29-30(25(31)33-24)14-16-7-9-17(10-8-16)23-27-20-5-3-4-6-21(20)28-23;15-9-10-5-7-11(8-6-10)14-16-12-3-1-2-4-13(12)17-14;1-6(2)16-9-4-3-7(5-8(9)12)10-13-14-11(15)17-10/h3-13,15H,14H2,1-2H3,(H,27,28);1-8H,9H2,(H,16,17);3-6H,1-2H3,(H,14,15). The van der Waals surface area contributed by atoms with Crippen molar-refractivity contribution in [3.63, 3.8) is 0 Å². The lowest BCUT2D eigenvalue weighted by molar-refractivity contribution is 0.242. The van der Waals surface area contributed by atoms with Gasteiger partial charge in [-0.05, 0) is 99.5 Å². The number of nitrogens with one attached hydrogen (secondary N) is 3. The van der Waals surface area contributed by atoms with Gasteiger partial charge < -0.3 is 28.3 Å². The molecule has 0 saturated heterocycles. The minimum atomic E-state index is -0.598. The quantitative estimate of drug-likeness (QED) is 0.105. The van der Waals surface area contributed by atoms with E-state index in [-0.39, 0.29) is 30.5 Å². The van der Waals surface area contributed by atoms with Crippen LogP contribution >= 0.6 is 39.1 Å². The number of aromatic amines is 3. The smallest absolute Gasteiger partial charge is 0.437 e. The molecule has 0 amide bonds. The fourth-order valence-electron chi connectivity index (χ4n) is 6.71. The van der Waals surface area contributed by atoms with Crippen molar-refractivity contribution in [2.45, 2.75) is 51.8 Å². The lowest BCUT2D eigenvalue weighted by atomic mass is 10.1. The van der Waals surface area contributed by atoms with Crippen LogP contribution in [0.25, 0.3) is 67.8 Å². The van der Waals surface area contributed by atoms with E-state index in [4.69, 9.17) is 41.5 Å². The van der Waals surface area contributed by atoms with Gasteiger partial charge >= 0.3 is 11.5 Å². The van der Waals surface area contributed by atoms with Crippen LogP contribution in [0.1, 0.15) is 38.8 Å². The number of halogens is 3. The number of imidazole rings is 2. The zero-order valence-electron chi connectivity index (χ0n) is 36.6. The summed E-state index contributed by atoms with van der Waals surface area (Å²) in [7, 11) is 0. The minimum absolute atomic E-state index is 0.00345. The summed E-state index contributed by atoms with van der Waals surface area (Å²) >= 11 is 15.8. The summed E-state index contributed by atoms with van der Waals surface area (Å²) < 4.78 is 22.6. The zero-order chi connectivity index (χ0) is 47.0. The fraction of sp³-hybridized carbons (Fsp3) is 0.160. The number of benzene rings is 6. The maximum atomic E-state index is 12.4. The molecule has 10 aromatic rings. The molecule has 3 N–H and O–H groups in total. The summed E-state index contributed by atoms with van der Waals surface area (Å²) in [6, 6.07) is 42.4. The summed E-state index contributed by atoms with van der Waals surface area (Å²) in [6.45, 7) is 7.96. The van der Waals surface area contributed by atoms with Crippen LogP contribution in [0.4, 0.5) is 0 Å². The van der Waals surface area contributed by atoms with Crippen LogP contribution in [0.2, 0.25) is 10.0 Å². The highest BCUT2D eigenvalue weighted by Crippen LogP contribution is 2.31. The highest BCUT2D eigenvalue weighted by Gasteiger charge is 2.15. The van der Waals surface area contributed by atoms with E-state index >= 15 is 0 Å². The second-order valence-electron chi connectivity index (χ2n) is 15.6. The molecule has 0 unspecified atom stereocenters. The van der Waals surface area contributed by atoms with Crippen LogP contribution in [0, 0.1) is 0 Å². The Bertz CT molecular complexity index is 3310. The Morgan fingerprint density at radius 3 is 1.54 bits per heavy atom. The first-order valence-corrected chi connectivity index (χ1v) is 23.0. The number of hydrogen-bond acceptors (Lipinski definition) is 10. The van der Waals surface area contributed by atoms with Gasteiger partial charge in [0.15, 0.2) is 0 Å². The van der Waals surface area contributed by atoms with Gasteiger partial charge in [0.05, 0.1) is 50.9 Å². The van der Waals surface area contributed by atoms with Crippen LogP contribution in [0.15, 0.2) is 152 Å². The van der Waals surface area contributed by atoms with E-state index in [1.165, 1.54) is 10.2 Å². The van der Waals surface area contributed by atoms with Gasteiger partial charge in [-0.25, -0.2) is 24.7 Å². The second kappa shape index (κ2) is 21.0. The number of aromatic nitrogens is 8. The number of fused-ring (bicyclic) bond motifs is 2. The molecule has 0 atom stereocenters. The number of ether oxygens (including phenoxy) is 2. The van der Waals surface area contributed by atoms with E-state index in [9.17, 15) is 9.59 Å². The van der Waals surface area contributed by atoms with Crippen molar-refractivity contribution >= 4 is 61.2 Å². The SMILES string of the molecule is BrCc1ccc(-c2nc3ccccc3[nH]2)cc1.CC(C)Oc1ccc(-c2n[nH]c(=O)o2)cc1Cl.CC(C)Oc1ccc(-c2nn(Cc3ccc(-c4nc5ccccc5[nH]4)cc3)c(=O)o2)cc1Cl. The molecule has 14 nitrogen and oxygen atoms in total. The van der Waals surface area contributed by atoms with E-state index in [0.29, 0.717) is 32.7 Å². The molecule has 0 bridgehead atoms. The summed E-state index contributed by atoms with van der Waals surface area (Å²) in [5.74, 6) is 2.15. The predicted molar refractivity (Wildman–Crippen MR) is 265 cm³/mol. The molecule has 6 aromatic carbocycles. The Morgan fingerprint density at radius 2 is 1.09 bits per heavy atom. The second-order valence-corrected chi connectivity index (χ2v) is 17.0. The number of H-pyrrole nitrogens is 3. The minimum Gasteiger partial charge on any atom is -0.489 e. The summed E-state index contributed by atoms with van der Waals surface area (Å²) in [6.07, 6.45) is 0.0467. The van der Waals surface area contributed by atoms with Crippen molar-refractivity contribution in [3.8, 4) is 57.2 Å². The molecule has 4 heterocycles. The monoisotopic (exact) mass is 1000 g/mol. The molecule has 0 aliphatic carbocycles. The van der Waals surface area contributed by atoms with E-state index in [1.807, 2.05) is 100 Å². The van der Waals surface area contributed by atoms with Gasteiger partial charge in [0.1, 0.15) is 23.1 Å². The molecule has 10 rings (SSSR count). The Balaban J connectivity index is 0.000000150. The molecule has 0 saturated carbocycles. The molecule has 17 heteroatoms. The third-order valence-electron chi connectivity index (χ3n) is 9.85. The van der Waals surface area contributed by atoms with Crippen molar-refractivity contribution in [2.24, 2.45) is 0 Å². The van der Waals surface area contributed by atoms with Gasteiger partial charge in [0.2, 0.25) is 11.8 Å². The van der Waals surface area contributed by atoms with Crippen LogP contribution in [-0.4, -0.2) is 52.1 Å². The molecule has 0 radical (unpaired) electrons. The average molecular weight is 1000 g/mol. The first kappa shape index (κ1) is 46.3. The normalized spacial score (nSPS) is 11.1. The third kappa shape index (κ3) is 11.6. The summed E-state index contributed by atoms with van der Waals surface area (Å²) in [5.41, 5.74) is 9.47. The highest BCUT2D eigenvalue weighted by molar-refractivity contribution is 9.08. The van der Waals surface area contributed by atoms with Crippen molar-refractivity contribution in [1.82, 2.24) is 39.9 Å². The van der Waals surface area contributed by atoms with Crippen LogP contribution in [-0.2, 0) is 11.9 Å². The van der Waals surface area contributed by atoms with Crippen LogP contribution < -0.4 is 21.0 Å². The van der Waals surface area contributed by atoms with Crippen molar-refractivity contribution in [3.05, 3.63) is 176 Å². The number of alkyl halides is 1. The molecule has 0 fully saturated rings. The molecule has 340 valence electrons. The Hall–Kier alpha value is -7.20. The lowest BCUT2D eigenvalue weighted by Gasteiger charge is -2.11. The fourth-order valence-corrected chi connectivity index (χ4v) is 7.54. The Kier molecular flexibility index (Phi) is 14.5. The predicted octanol–water partition coefficient (Wildman–Crippen LogP) is 12.1. The van der Waals surface area contributed by atoms with Gasteiger partial charge in [0.25, 0.3) is 0 Å². The van der Waals surface area contributed by atoms with E-state index < -0.39 is 11.5 Å². The van der Waals surface area contributed by atoms with Crippen LogP contribution in [0.5, 0.6) is 11.5 Å². The Morgan fingerprint density at radius 1 is 0.612 bits per heavy atom. The van der Waals surface area contributed by atoms with Crippen molar-refractivity contribution in [2.75, 3.05) is 0 Å². The van der Waals surface area contributed by atoms with Gasteiger partial charge in [-0.2, -0.15) is 4.68 Å². The van der Waals surface area contributed by atoms with Crippen molar-refractivity contribution in [1.29, 1.82) is 0 Å². The van der Waals surface area contributed by atoms with E-state index in [1.54, 1.807) is 36.4 Å². The molecular formula is C50H43BrCl2N8O6. The molecule has 67 heavy (non-hydrogen) atoms. The molecule has 0 aliphatic heterocycles. The third-order valence-corrected chi connectivity index (χ3v) is 11.1. The van der Waals surface area contributed by atoms with Gasteiger partial charge in [-0.15, -0.1) is 10.2 Å². The van der Waals surface area contributed by atoms with E-state index in [0.717, 1.165) is 55.7 Å². The topological polar surface area (TPSA) is 183 Å². The number of para-hydroxylation sites is 4. The van der Waals surface area contributed by atoms with E-state index in [2.05, 4.69) is 75.4 Å². The van der Waals surface area contributed by atoms with Crippen LogP contribution in [0.3, 0.4) is 0 Å². The Labute approximate surface area is 402 Å². The maximum Gasteiger partial charge on any atom is 0.437 e.